The minimum atomic E-state index is 0.707. The third kappa shape index (κ3) is 11.4. The molecule has 0 atom stereocenters. The van der Waals surface area contributed by atoms with Crippen molar-refractivity contribution in [3.8, 4) is 0 Å². The molecule has 30 heavy (non-hydrogen) atoms. The Morgan fingerprint density at radius 1 is 0.567 bits per heavy atom. The van der Waals surface area contributed by atoms with Gasteiger partial charge in [0.2, 0.25) is 11.8 Å². The van der Waals surface area contributed by atoms with Crippen molar-refractivity contribution in [2.24, 2.45) is 9.98 Å². The van der Waals surface area contributed by atoms with Crippen LogP contribution in [0.5, 0.6) is 0 Å². The predicted molar refractivity (Wildman–Crippen MR) is 130 cm³/mol. The van der Waals surface area contributed by atoms with Crippen molar-refractivity contribution in [1.29, 1.82) is 0 Å². The number of hydrogen-bond donors (Lipinski definition) is 0. The van der Waals surface area contributed by atoms with E-state index in [9.17, 15) is 0 Å². The van der Waals surface area contributed by atoms with Crippen molar-refractivity contribution in [3.05, 3.63) is 35.4 Å². The average Bonchev–Trinajstić information content (AvgIpc) is 2.78. The molecule has 0 aliphatic heterocycles. The maximum atomic E-state index is 5.52. The summed E-state index contributed by atoms with van der Waals surface area (Å²) in [7, 11) is 3.38. The summed E-state index contributed by atoms with van der Waals surface area (Å²) < 4.78 is 11.0. The van der Waals surface area contributed by atoms with Crippen LogP contribution in [0.1, 0.15) is 102 Å². The lowest BCUT2D eigenvalue weighted by Crippen LogP contribution is -2.08. The number of hydrogen-bond acceptors (Lipinski definition) is 4. The number of rotatable bonds is 16. The van der Waals surface area contributed by atoms with E-state index in [1.54, 1.807) is 14.2 Å². The number of aliphatic imine (C=N–C) groups is 2. The summed E-state index contributed by atoms with van der Waals surface area (Å²) in [5.41, 5.74) is 2.00. The van der Waals surface area contributed by atoms with Crippen LogP contribution < -0.4 is 0 Å². The molecule has 0 fully saturated rings. The molecular weight excluding hydrogens is 372 g/mol. The second-order valence-corrected chi connectivity index (χ2v) is 7.89. The van der Waals surface area contributed by atoms with Gasteiger partial charge < -0.3 is 9.47 Å². The van der Waals surface area contributed by atoms with E-state index < -0.39 is 0 Å². The molecular formula is C26H44N2O2. The van der Waals surface area contributed by atoms with E-state index in [1.165, 1.54) is 64.2 Å². The Morgan fingerprint density at radius 3 is 1.23 bits per heavy atom. The van der Waals surface area contributed by atoms with Crippen LogP contribution >= 0.6 is 0 Å². The first-order valence-corrected chi connectivity index (χ1v) is 12.0. The van der Waals surface area contributed by atoms with E-state index in [-0.39, 0.29) is 0 Å². The average molecular weight is 417 g/mol. The first-order valence-electron chi connectivity index (χ1n) is 12.0. The highest BCUT2D eigenvalue weighted by Gasteiger charge is 2.07. The molecule has 0 unspecified atom stereocenters. The molecule has 0 spiro atoms. The fraction of sp³-hybridized carbons (Fsp3) is 0.692. The van der Waals surface area contributed by atoms with Crippen molar-refractivity contribution in [2.45, 2.75) is 90.9 Å². The van der Waals surface area contributed by atoms with Gasteiger partial charge in [-0.3, -0.25) is 9.98 Å². The lowest BCUT2D eigenvalue weighted by atomic mass is 10.1. The van der Waals surface area contributed by atoms with Gasteiger partial charge in [-0.15, -0.1) is 0 Å². The molecule has 0 heterocycles. The molecule has 0 aliphatic carbocycles. The summed E-state index contributed by atoms with van der Waals surface area (Å²) >= 11 is 0. The summed E-state index contributed by atoms with van der Waals surface area (Å²) in [5, 5.41) is 0. The van der Waals surface area contributed by atoms with E-state index >= 15 is 0 Å². The van der Waals surface area contributed by atoms with Gasteiger partial charge in [-0.05, 0) is 37.1 Å². The van der Waals surface area contributed by atoms with Crippen LogP contribution in [0.3, 0.4) is 0 Å². The normalized spacial score (nSPS) is 12.3. The van der Waals surface area contributed by atoms with Gasteiger partial charge in [-0.2, -0.15) is 0 Å². The van der Waals surface area contributed by atoms with Gasteiger partial charge in [0.15, 0.2) is 0 Å². The van der Waals surface area contributed by atoms with Gasteiger partial charge >= 0.3 is 0 Å². The van der Waals surface area contributed by atoms with E-state index in [1.807, 2.05) is 24.3 Å². The molecule has 0 radical (unpaired) electrons. The molecule has 4 nitrogen and oxygen atoms in total. The first kappa shape index (κ1) is 26.2. The summed E-state index contributed by atoms with van der Waals surface area (Å²) in [6.07, 6.45) is 15.2. The van der Waals surface area contributed by atoms with E-state index in [4.69, 9.17) is 9.47 Å². The van der Waals surface area contributed by atoms with Crippen molar-refractivity contribution in [3.63, 3.8) is 0 Å². The highest BCUT2D eigenvalue weighted by atomic mass is 16.5. The molecule has 1 aromatic rings. The van der Waals surface area contributed by atoms with E-state index in [2.05, 4.69) is 23.8 Å². The van der Waals surface area contributed by atoms with Gasteiger partial charge in [-0.25, -0.2) is 0 Å². The van der Waals surface area contributed by atoms with Crippen molar-refractivity contribution in [2.75, 3.05) is 27.3 Å². The van der Waals surface area contributed by atoms with Crippen molar-refractivity contribution in [1.82, 2.24) is 0 Å². The van der Waals surface area contributed by atoms with Gasteiger partial charge in [-0.1, -0.05) is 78.1 Å². The Morgan fingerprint density at radius 2 is 0.900 bits per heavy atom. The molecule has 0 aromatic heterocycles. The predicted octanol–water partition coefficient (Wildman–Crippen LogP) is 7.19. The Labute approximate surface area is 185 Å². The van der Waals surface area contributed by atoms with Crippen LogP contribution in [0.25, 0.3) is 0 Å². The third-order valence-electron chi connectivity index (χ3n) is 5.30. The molecule has 0 amide bonds. The number of methoxy groups -OCH3 is 2. The number of ether oxygens (including phenoxy) is 2. The zero-order chi connectivity index (χ0) is 21.9. The lowest BCUT2D eigenvalue weighted by Gasteiger charge is -2.09. The Kier molecular flexibility index (Phi) is 15.7. The summed E-state index contributed by atoms with van der Waals surface area (Å²) in [4.78, 5) is 9.30. The smallest absolute Gasteiger partial charge is 0.215 e. The van der Waals surface area contributed by atoms with Gasteiger partial charge in [0.1, 0.15) is 0 Å². The van der Waals surface area contributed by atoms with Crippen LogP contribution in [0, 0.1) is 0 Å². The van der Waals surface area contributed by atoms with Crippen LogP contribution in [-0.2, 0) is 9.47 Å². The molecule has 0 N–H and O–H groups in total. The summed E-state index contributed by atoms with van der Waals surface area (Å²) in [5.74, 6) is 1.41. The van der Waals surface area contributed by atoms with Crippen LogP contribution in [0.15, 0.2) is 34.3 Å². The second-order valence-electron chi connectivity index (χ2n) is 7.89. The first-order chi connectivity index (χ1) is 14.8. The van der Waals surface area contributed by atoms with Gasteiger partial charge in [0.25, 0.3) is 0 Å². The molecule has 0 aliphatic rings. The standard InChI is InChI=1S/C26H44N2O2/c1-5-7-9-11-13-15-21-27-25(29-3)23-17-19-24(20-18-23)26(30-4)28-22-16-14-12-10-8-6-2/h17-20H,5-16,21-22H2,1-4H3. The third-order valence-corrected chi connectivity index (χ3v) is 5.30. The maximum Gasteiger partial charge on any atom is 0.215 e. The maximum absolute atomic E-state index is 5.52. The highest BCUT2D eigenvalue weighted by molar-refractivity contribution is 5.97. The van der Waals surface area contributed by atoms with E-state index in [0.29, 0.717) is 11.8 Å². The largest absolute Gasteiger partial charge is 0.481 e. The van der Waals surface area contributed by atoms with Crippen LogP contribution in [0.4, 0.5) is 0 Å². The van der Waals surface area contributed by atoms with Gasteiger partial charge in [0.05, 0.1) is 14.2 Å². The zero-order valence-corrected chi connectivity index (χ0v) is 19.9. The van der Waals surface area contributed by atoms with Gasteiger partial charge in [0, 0.05) is 24.2 Å². The number of benzene rings is 1. The SMILES string of the molecule is CCCCCCCCN=C(OC)c1ccc(C(=NCCCCCCCC)OC)cc1. The molecule has 1 rings (SSSR count). The molecule has 0 saturated carbocycles. The van der Waals surface area contributed by atoms with Crippen LogP contribution in [-0.4, -0.2) is 39.1 Å². The monoisotopic (exact) mass is 416 g/mol. The minimum Gasteiger partial charge on any atom is -0.481 e. The second kappa shape index (κ2) is 18.0. The number of unbranched alkanes of at least 4 members (excludes halogenated alkanes) is 10. The summed E-state index contributed by atoms with van der Waals surface area (Å²) in [6, 6.07) is 8.16. The quantitative estimate of drug-likeness (QED) is 0.162. The van der Waals surface area contributed by atoms with Crippen LogP contribution in [0.2, 0.25) is 0 Å². The molecule has 1 aromatic carbocycles. The molecule has 170 valence electrons. The Balaban J connectivity index is 2.51. The molecule has 4 heteroatoms. The zero-order valence-electron chi connectivity index (χ0n) is 19.9. The molecule has 0 saturated heterocycles. The fourth-order valence-corrected chi connectivity index (χ4v) is 3.45. The molecule has 0 bridgehead atoms. The highest BCUT2D eigenvalue weighted by Crippen LogP contribution is 2.11. The Bertz CT molecular complexity index is 541. The Hall–Kier alpha value is -1.84. The van der Waals surface area contributed by atoms with E-state index in [0.717, 1.165) is 37.1 Å². The minimum absolute atomic E-state index is 0.707. The van der Waals surface area contributed by atoms with Crippen molar-refractivity contribution >= 4 is 11.8 Å². The van der Waals surface area contributed by atoms with Crippen molar-refractivity contribution < 1.29 is 9.47 Å². The summed E-state index contributed by atoms with van der Waals surface area (Å²) in [6.45, 7) is 6.13. The fourth-order valence-electron chi connectivity index (χ4n) is 3.45. The topological polar surface area (TPSA) is 43.2 Å². The number of nitrogens with zero attached hydrogens (tertiary/aromatic N) is 2. The lowest BCUT2D eigenvalue weighted by molar-refractivity contribution is 0.400.